The fourth-order valence-corrected chi connectivity index (χ4v) is 2.89. The molecule has 0 bridgehead atoms. The standard InChI is InChI=1S/C13H16N2OS/c1-13(9-14)4-2-5-15(10-13)12(16)7-11-3-6-17-8-11/h3,6,8H,2,4-5,7,10H2,1H3/t13-/m1/s1. The third-order valence-electron chi connectivity index (χ3n) is 3.25. The van der Waals surface area contributed by atoms with Crippen LogP contribution in [0.3, 0.4) is 0 Å². The zero-order valence-electron chi connectivity index (χ0n) is 9.98. The van der Waals surface area contributed by atoms with E-state index in [-0.39, 0.29) is 11.3 Å². The van der Waals surface area contributed by atoms with Crippen LogP contribution >= 0.6 is 11.3 Å². The second-order valence-corrected chi connectivity index (χ2v) is 5.68. The smallest absolute Gasteiger partial charge is 0.227 e. The number of hydrogen-bond donors (Lipinski definition) is 0. The maximum Gasteiger partial charge on any atom is 0.227 e. The van der Waals surface area contributed by atoms with Gasteiger partial charge < -0.3 is 4.90 Å². The number of hydrogen-bond acceptors (Lipinski definition) is 3. The molecule has 3 nitrogen and oxygen atoms in total. The molecule has 0 N–H and O–H groups in total. The lowest BCUT2D eigenvalue weighted by molar-refractivity contribution is -0.132. The summed E-state index contributed by atoms with van der Waals surface area (Å²) in [6.07, 6.45) is 2.29. The predicted octanol–water partition coefficient (Wildman–Crippen LogP) is 2.44. The predicted molar refractivity (Wildman–Crippen MR) is 67.6 cm³/mol. The zero-order valence-corrected chi connectivity index (χ0v) is 10.8. The molecular weight excluding hydrogens is 232 g/mol. The third-order valence-corrected chi connectivity index (χ3v) is 3.99. The van der Waals surface area contributed by atoms with Gasteiger partial charge in [-0.05, 0) is 42.2 Å². The fraction of sp³-hybridized carbons (Fsp3) is 0.538. The maximum atomic E-state index is 12.1. The van der Waals surface area contributed by atoms with Crippen molar-refractivity contribution in [3.8, 4) is 6.07 Å². The highest BCUT2D eigenvalue weighted by atomic mass is 32.1. The molecular formula is C13H16N2OS. The third kappa shape index (κ3) is 2.86. The van der Waals surface area contributed by atoms with Crippen LogP contribution in [0.25, 0.3) is 0 Å². The van der Waals surface area contributed by atoms with Crippen molar-refractivity contribution in [3.63, 3.8) is 0 Å². The summed E-state index contributed by atoms with van der Waals surface area (Å²) >= 11 is 1.61. The molecule has 1 saturated heterocycles. The topological polar surface area (TPSA) is 44.1 Å². The molecule has 90 valence electrons. The molecule has 1 amide bonds. The molecule has 2 heterocycles. The van der Waals surface area contributed by atoms with E-state index in [9.17, 15) is 4.79 Å². The van der Waals surface area contributed by atoms with Crippen LogP contribution in [0.1, 0.15) is 25.3 Å². The number of carbonyl (C=O) groups is 1. The van der Waals surface area contributed by atoms with Crippen LogP contribution in [-0.4, -0.2) is 23.9 Å². The monoisotopic (exact) mass is 248 g/mol. The lowest BCUT2D eigenvalue weighted by Crippen LogP contribution is -2.44. The molecule has 0 unspecified atom stereocenters. The van der Waals surface area contributed by atoms with Gasteiger partial charge in [-0.15, -0.1) is 0 Å². The first kappa shape index (κ1) is 12.1. The fourth-order valence-electron chi connectivity index (χ4n) is 2.22. The lowest BCUT2D eigenvalue weighted by atomic mass is 9.83. The Balaban J connectivity index is 1.98. The number of likely N-dealkylation sites (tertiary alicyclic amines) is 1. The molecule has 1 atom stereocenters. The van der Waals surface area contributed by atoms with Crippen molar-refractivity contribution in [1.29, 1.82) is 5.26 Å². The second-order valence-electron chi connectivity index (χ2n) is 4.90. The van der Waals surface area contributed by atoms with Gasteiger partial charge in [0, 0.05) is 13.1 Å². The van der Waals surface area contributed by atoms with Crippen molar-refractivity contribution in [2.24, 2.45) is 5.41 Å². The molecule has 0 aromatic carbocycles. The summed E-state index contributed by atoms with van der Waals surface area (Å²) in [7, 11) is 0. The molecule has 0 radical (unpaired) electrons. The van der Waals surface area contributed by atoms with E-state index in [2.05, 4.69) is 6.07 Å². The highest BCUT2D eigenvalue weighted by Crippen LogP contribution is 2.28. The quantitative estimate of drug-likeness (QED) is 0.807. The zero-order chi connectivity index (χ0) is 12.3. The number of nitriles is 1. The van der Waals surface area contributed by atoms with Crippen LogP contribution in [0.2, 0.25) is 0 Å². The first-order valence-corrected chi connectivity index (χ1v) is 6.77. The summed E-state index contributed by atoms with van der Waals surface area (Å²) in [6, 6.07) is 4.31. The van der Waals surface area contributed by atoms with Gasteiger partial charge in [0.15, 0.2) is 0 Å². The summed E-state index contributed by atoms with van der Waals surface area (Å²) in [5.41, 5.74) is 0.715. The van der Waals surface area contributed by atoms with Crippen LogP contribution in [-0.2, 0) is 11.2 Å². The van der Waals surface area contributed by atoms with E-state index >= 15 is 0 Å². The van der Waals surface area contributed by atoms with Gasteiger partial charge in [-0.3, -0.25) is 4.79 Å². The highest BCUT2D eigenvalue weighted by molar-refractivity contribution is 7.07. The van der Waals surface area contributed by atoms with E-state index < -0.39 is 0 Å². The van der Waals surface area contributed by atoms with Gasteiger partial charge in [-0.25, -0.2) is 0 Å². The normalized spacial score (nSPS) is 24.4. The Morgan fingerprint density at radius 1 is 1.71 bits per heavy atom. The summed E-state index contributed by atoms with van der Waals surface area (Å²) in [4.78, 5) is 13.9. The summed E-state index contributed by atoms with van der Waals surface area (Å²) in [6.45, 7) is 3.31. The SMILES string of the molecule is C[C@]1(C#N)CCCN(C(=O)Cc2ccsc2)C1. The second kappa shape index (κ2) is 4.89. The van der Waals surface area contributed by atoms with Crippen LogP contribution in [0, 0.1) is 16.7 Å². The minimum Gasteiger partial charge on any atom is -0.341 e. The summed E-state index contributed by atoms with van der Waals surface area (Å²) < 4.78 is 0. The number of thiophene rings is 1. The van der Waals surface area contributed by atoms with Crippen molar-refractivity contribution in [2.45, 2.75) is 26.2 Å². The molecule has 1 aromatic rings. The van der Waals surface area contributed by atoms with Gasteiger partial charge >= 0.3 is 0 Å². The van der Waals surface area contributed by atoms with E-state index in [1.807, 2.05) is 28.7 Å². The number of rotatable bonds is 2. The van der Waals surface area contributed by atoms with Gasteiger partial charge in [0.05, 0.1) is 17.9 Å². The van der Waals surface area contributed by atoms with E-state index in [0.717, 1.165) is 24.9 Å². The van der Waals surface area contributed by atoms with Gasteiger partial charge in [0.2, 0.25) is 5.91 Å². The Morgan fingerprint density at radius 3 is 3.18 bits per heavy atom. The Morgan fingerprint density at radius 2 is 2.53 bits per heavy atom. The van der Waals surface area contributed by atoms with Gasteiger partial charge in [-0.1, -0.05) is 0 Å². The van der Waals surface area contributed by atoms with Crippen molar-refractivity contribution in [2.75, 3.05) is 13.1 Å². The minimum atomic E-state index is -0.359. The Labute approximate surface area is 106 Å². The molecule has 1 fully saturated rings. The van der Waals surface area contributed by atoms with Gasteiger partial charge in [-0.2, -0.15) is 16.6 Å². The van der Waals surface area contributed by atoms with E-state index in [1.165, 1.54) is 0 Å². The molecule has 4 heteroatoms. The molecule has 17 heavy (non-hydrogen) atoms. The van der Waals surface area contributed by atoms with Gasteiger partial charge in [0.1, 0.15) is 0 Å². The van der Waals surface area contributed by atoms with E-state index in [0.29, 0.717) is 13.0 Å². The molecule has 1 aromatic heterocycles. The maximum absolute atomic E-state index is 12.1. The number of nitrogens with zero attached hydrogens (tertiary/aromatic N) is 2. The minimum absolute atomic E-state index is 0.143. The van der Waals surface area contributed by atoms with Crippen LogP contribution in [0.15, 0.2) is 16.8 Å². The molecule has 1 aliphatic rings. The van der Waals surface area contributed by atoms with Crippen molar-refractivity contribution < 1.29 is 4.79 Å². The van der Waals surface area contributed by atoms with Crippen LogP contribution in [0.5, 0.6) is 0 Å². The lowest BCUT2D eigenvalue weighted by Gasteiger charge is -2.36. The van der Waals surface area contributed by atoms with Crippen molar-refractivity contribution >= 4 is 17.2 Å². The highest BCUT2D eigenvalue weighted by Gasteiger charge is 2.32. The van der Waals surface area contributed by atoms with Gasteiger partial charge in [0.25, 0.3) is 0 Å². The number of piperidine rings is 1. The summed E-state index contributed by atoms with van der Waals surface area (Å²) in [5.74, 6) is 0.143. The molecule has 0 saturated carbocycles. The molecule has 0 spiro atoms. The first-order valence-electron chi connectivity index (χ1n) is 5.83. The van der Waals surface area contributed by atoms with E-state index in [4.69, 9.17) is 5.26 Å². The molecule has 1 aliphatic heterocycles. The number of amides is 1. The van der Waals surface area contributed by atoms with Crippen LogP contribution in [0.4, 0.5) is 0 Å². The Kier molecular flexibility index (Phi) is 3.49. The van der Waals surface area contributed by atoms with E-state index in [1.54, 1.807) is 11.3 Å². The Hall–Kier alpha value is -1.34. The molecule has 2 rings (SSSR count). The average molecular weight is 248 g/mol. The Bertz CT molecular complexity index is 435. The average Bonchev–Trinajstić information content (AvgIpc) is 2.82. The van der Waals surface area contributed by atoms with Crippen LogP contribution < -0.4 is 0 Å². The van der Waals surface area contributed by atoms with Crippen molar-refractivity contribution in [1.82, 2.24) is 4.90 Å². The first-order chi connectivity index (χ1) is 8.13. The molecule has 0 aliphatic carbocycles. The largest absolute Gasteiger partial charge is 0.341 e. The number of carbonyl (C=O) groups excluding carboxylic acids is 1. The summed E-state index contributed by atoms with van der Waals surface area (Å²) in [5, 5.41) is 13.1. The van der Waals surface area contributed by atoms with Crippen molar-refractivity contribution in [3.05, 3.63) is 22.4 Å².